The molecule has 0 bridgehead atoms. The third-order valence-electron chi connectivity index (χ3n) is 2.96. The molecule has 0 spiro atoms. The van der Waals surface area contributed by atoms with E-state index in [9.17, 15) is 4.39 Å². The summed E-state index contributed by atoms with van der Waals surface area (Å²) in [4.78, 5) is 4.13. The first-order chi connectivity index (χ1) is 9.09. The molecule has 1 aromatic heterocycles. The van der Waals surface area contributed by atoms with Crippen LogP contribution in [-0.2, 0) is 0 Å². The summed E-state index contributed by atoms with van der Waals surface area (Å²) < 4.78 is 14.9. The smallest absolute Gasteiger partial charge is 0.138 e. The summed E-state index contributed by atoms with van der Waals surface area (Å²) in [5.74, 6) is 0. The third kappa shape index (κ3) is 3.60. The van der Waals surface area contributed by atoms with Gasteiger partial charge in [0.05, 0.1) is 10.9 Å². The molecule has 1 N–H and O–H groups in total. The lowest BCUT2D eigenvalue weighted by Gasteiger charge is -2.15. The highest BCUT2D eigenvalue weighted by Gasteiger charge is 2.30. The number of anilines is 1. The van der Waals surface area contributed by atoms with Gasteiger partial charge in [0.25, 0.3) is 0 Å². The van der Waals surface area contributed by atoms with Gasteiger partial charge in [-0.05, 0) is 52.4 Å². The van der Waals surface area contributed by atoms with Crippen molar-refractivity contribution in [1.29, 1.82) is 0 Å². The average molecular weight is 343 g/mol. The third-order valence-corrected chi connectivity index (χ3v) is 4.97. The summed E-state index contributed by atoms with van der Waals surface area (Å²) >= 11 is 4.90. The Morgan fingerprint density at radius 3 is 3.05 bits per heavy atom. The van der Waals surface area contributed by atoms with Gasteiger partial charge in [0.15, 0.2) is 0 Å². The predicted octanol–water partition coefficient (Wildman–Crippen LogP) is 4.56. The minimum Gasteiger partial charge on any atom is -0.383 e. The molecule has 0 amide bonds. The molecule has 1 aliphatic heterocycles. The molecule has 1 aliphatic rings. The molecule has 2 rings (SSSR count). The van der Waals surface area contributed by atoms with E-state index in [1.165, 1.54) is 11.8 Å². The van der Waals surface area contributed by atoms with E-state index in [2.05, 4.69) is 32.8 Å². The molecule has 0 saturated carbocycles. The van der Waals surface area contributed by atoms with E-state index >= 15 is 0 Å². The summed E-state index contributed by atoms with van der Waals surface area (Å²) in [6.45, 7) is 6.41. The van der Waals surface area contributed by atoms with Crippen LogP contribution in [0.3, 0.4) is 0 Å². The van der Waals surface area contributed by atoms with Crippen LogP contribution in [0.1, 0.15) is 13.3 Å². The fourth-order valence-electron chi connectivity index (χ4n) is 1.91. The molecule has 0 radical (unpaired) electrons. The zero-order valence-electron chi connectivity index (χ0n) is 10.7. The van der Waals surface area contributed by atoms with Crippen LogP contribution in [0.4, 0.5) is 10.1 Å². The van der Waals surface area contributed by atoms with Gasteiger partial charge in [-0.15, -0.1) is 11.8 Å². The zero-order chi connectivity index (χ0) is 13.8. The Kier molecular flexibility index (Phi) is 5.05. The van der Waals surface area contributed by atoms with Gasteiger partial charge in [-0.1, -0.05) is 12.2 Å². The SMILES string of the molecule is C=C(C)C1SC=C(CCNc2cccnc2Br)C1F. The molecule has 102 valence electrons. The van der Waals surface area contributed by atoms with Crippen molar-refractivity contribution >= 4 is 33.4 Å². The maximum absolute atomic E-state index is 14.1. The lowest BCUT2D eigenvalue weighted by Crippen LogP contribution is -2.18. The first-order valence-corrected chi connectivity index (χ1v) is 7.81. The van der Waals surface area contributed by atoms with Gasteiger partial charge in [-0.25, -0.2) is 9.37 Å². The minimum absolute atomic E-state index is 0.111. The molecule has 2 nitrogen and oxygen atoms in total. The van der Waals surface area contributed by atoms with Crippen LogP contribution >= 0.6 is 27.7 Å². The maximum atomic E-state index is 14.1. The highest BCUT2D eigenvalue weighted by molar-refractivity contribution is 9.10. The van der Waals surface area contributed by atoms with Gasteiger partial charge >= 0.3 is 0 Å². The molecule has 1 aromatic rings. The Hall–Kier alpha value is -0.810. The molecular formula is C14H16BrFN2S. The Bertz CT molecular complexity index is 504. The van der Waals surface area contributed by atoms with Gasteiger partial charge in [0, 0.05) is 12.7 Å². The molecular weight excluding hydrogens is 327 g/mol. The zero-order valence-corrected chi connectivity index (χ0v) is 13.1. The predicted molar refractivity (Wildman–Crippen MR) is 84.2 cm³/mol. The van der Waals surface area contributed by atoms with E-state index in [0.29, 0.717) is 13.0 Å². The summed E-state index contributed by atoms with van der Waals surface area (Å²) in [6, 6.07) is 3.81. The number of alkyl halides is 1. The average Bonchev–Trinajstić information content (AvgIpc) is 2.74. The number of hydrogen-bond donors (Lipinski definition) is 1. The number of rotatable bonds is 5. The van der Waals surface area contributed by atoms with Crippen molar-refractivity contribution in [3.05, 3.63) is 46.1 Å². The van der Waals surface area contributed by atoms with E-state index in [1.807, 2.05) is 24.5 Å². The van der Waals surface area contributed by atoms with Crippen molar-refractivity contribution in [1.82, 2.24) is 4.98 Å². The maximum Gasteiger partial charge on any atom is 0.138 e. The number of thioether (sulfide) groups is 1. The van der Waals surface area contributed by atoms with E-state index in [-0.39, 0.29) is 5.25 Å². The first kappa shape index (κ1) is 14.6. The van der Waals surface area contributed by atoms with Crippen LogP contribution in [-0.4, -0.2) is 23.0 Å². The molecule has 19 heavy (non-hydrogen) atoms. The summed E-state index contributed by atoms with van der Waals surface area (Å²) in [7, 11) is 0. The van der Waals surface area contributed by atoms with Gasteiger partial charge in [0.1, 0.15) is 10.8 Å². The van der Waals surface area contributed by atoms with Crippen LogP contribution in [0, 0.1) is 0 Å². The van der Waals surface area contributed by atoms with E-state index in [1.54, 1.807) is 6.20 Å². The molecule has 2 atom stereocenters. The van der Waals surface area contributed by atoms with Crippen LogP contribution in [0.2, 0.25) is 0 Å². The number of nitrogens with one attached hydrogen (secondary N) is 1. The van der Waals surface area contributed by atoms with Crippen LogP contribution < -0.4 is 5.32 Å². The second-order valence-electron chi connectivity index (χ2n) is 4.52. The van der Waals surface area contributed by atoms with Gasteiger partial charge < -0.3 is 5.32 Å². The second-order valence-corrected chi connectivity index (χ2v) is 6.28. The normalized spacial score (nSPS) is 22.2. The van der Waals surface area contributed by atoms with Gasteiger partial charge in [-0.2, -0.15) is 0 Å². The molecule has 0 fully saturated rings. The lowest BCUT2D eigenvalue weighted by atomic mass is 10.0. The van der Waals surface area contributed by atoms with Crippen molar-refractivity contribution in [2.24, 2.45) is 0 Å². The van der Waals surface area contributed by atoms with Crippen molar-refractivity contribution in [3.8, 4) is 0 Å². The standard InChI is InChI=1S/C14H16BrFN2S/c1-9(2)13-12(16)10(8-19-13)5-7-17-11-4-3-6-18-14(11)15/h3-4,6,8,12-13,17H,1,5,7H2,2H3. The monoisotopic (exact) mass is 342 g/mol. The van der Waals surface area contributed by atoms with Crippen molar-refractivity contribution < 1.29 is 4.39 Å². The quantitative estimate of drug-likeness (QED) is 0.627. The number of hydrogen-bond acceptors (Lipinski definition) is 3. The summed E-state index contributed by atoms with van der Waals surface area (Å²) in [6.07, 6.45) is 1.52. The van der Waals surface area contributed by atoms with E-state index in [4.69, 9.17) is 0 Å². The highest BCUT2D eigenvalue weighted by Crippen LogP contribution is 2.37. The largest absolute Gasteiger partial charge is 0.383 e. The second kappa shape index (κ2) is 6.57. The summed E-state index contributed by atoms with van der Waals surface area (Å²) in [5, 5.41) is 5.08. The Labute approximate surface area is 125 Å². The van der Waals surface area contributed by atoms with Crippen molar-refractivity contribution in [2.45, 2.75) is 24.8 Å². The number of halogens is 2. The Morgan fingerprint density at radius 2 is 2.42 bits per heavy atom. The Balaban J connectivity index is 1.84. The molecule has 2 heterocycles. The fraction of sp³-hybridized carbons (Fsp3) is 0.357. The van der Waals surface area contributed by atoms with Gasteiger partial charge in [-0.3, -0.25) is 0 Å². The highest BCUT2D eigenvalue weighted by atomic mass is 79.9. The minimum atomic E-state index is -0.901. The number of nitrogens with zero attached hydrogens (tertiary/aromatic N) is 1. The lowest BCUT2D eigenvalue weighted by molar-refractivity contribution is 0.384. The topological polar surface area (TPSA) is 24.9 Å². The molecule has 5 heteroatoms. The number of aromatic nitrogens is 1. The van der Waals surface area contributed by atoms with Crippen LogP contribution in [0.15, 0.2) is 46.1 Å². The first-order valence-electron chi connectivity index (χ1n) is 6.08. The van der Waals surface area contributed by atoms with Crippen LogP contribution in [0.5, 0.6) is 0 Å². The Morgan fingerprint density at radius 1 is 1.63 bits per heavy atom. The van der Waals surface area contributed by atoms with E-state index < -0.39 is 6.17 Å². The van der Waals surface area contributed by atoms with Crippen molar-refractivity contribution in [3.63, 3.8) is 0 Å². The van der Waals surface area contributed by atoms with Crippen molar-refractivity contribution in [2.75, 3.05) is 11.9 Å². The molecule has 0 aromatic carbocycles. The molecule has 0 saturated heterocycles. The fourth-order valence-corrected chi connectivity index (χ4v) is 3.42. The number of pyridine rings is 1. The molecule has 0 aliphatic carbocycles. The van der Waals surface area contributed by atoms with E-state index in [0.717, 1.165) is 21.4 Å². The van der Waals surface area contributed by atoms with Gasteiger partial charge in [0.2, 0.25) is 0 Å². The van der Waals surface area contributed by atoms with Crippen LogP contribution in [0.25, 0.3) is 0 Å². The molecule has 2 unspecified atom stereocenters. The summed E-state index contributed by atoms with van der Waals surface area (Å²) in [5.41, 5.74) is 2.68.